The van der Waals surface area contributed by atoms with Crippen LogP contribution in [0.15, 0.2) is 0 Å². The van der Waals surface area contributed by atoms with Crippen molar-refractivity contribution in [2.45, 2.75) is 58.4 Å². The summed E-state index contributed by atoms with van der Waals surface area (Å²) in [6.45, 7) is 7.24. The summed E-state index contributed by atoms with van der Waals surface area (Å²) in [4.78, 5) is 2.27. The van der Waals surface area contributed by atoms with Crippen LogP contribution in [-0.2, 0) is 0 Å². The van der Waals surface area contributed by atoms with Crippen molar-refractivity contribution in [1.29, 1.82) is 0 Å². The fourth-order valence-corrected chi connectivity index (χ4v) is 2.73. The molecule has 1 aliphatic rings. The number of hydrogen-bond donors (Lipinski definition) is 1. The van der Waals surface area contributed by atoms with Crippen molar-refractivity contribution in [2.75, 3.05) is 27.2 Å². The number of rotatable bonds is 6. The molecular formula is C14H30N2. The molecule has 0 spiro atoms. The summed E-state index contributed by atoms with van der Waals surface area (Å²) in [5, 5.41) is 3.73. The van der Waals surface area contributed by atoms with Crippen LogP contribution in [0.1, 0.15) is 52.4 Å². The van der Waals surface area contributed by atoms with E-state index in [0.717, 1.165) is 6.04 Å². The minimum Gasteiger partial charge on any atom is -0.314 e. The fraction of sp³-hybridized carbons (Fsp3) is 1.00. The molecule has 1 rings (SSSR count). The molecule has 2 heteroatoms. The van der Waals surface area contributed by atoms with Crippen molar-refractivity contribution in [1.82, 2.24) is 10.2 Å². The summed E-state index contributed by atoms with van der Waals surface area (Å²) >= 11 is 0. The van der Waals surface area contributed by atoms with Crippen LogP contribution in [0.3, 0.4) is 0 Å². The van der Waals surface area contributed by atoms with Gasteiger partial charge in [0.2, 0.25) is 0 Å². The van der Waals surface area contributed by atoms with Crippen molar-refractivity contribution in [2.24, 2.45) is 5.41 Å². The minimum absolute atomic E-state index is 0.569. The van der Waals surface area contributed by atoms with Crippen LogP contribution >= 0.6 is 0 Å². The number of nitrogens with zero attached hydrogens (tertiary/aromatic N) is 1. The van der Waals surface area contributed by atoms with Gasteiger partial charge >= 0.3 is 0 Å². The second kappa shape index (κ2) is 6.61. The minimum atomic E-state index is 0.569. The Bertz CT molecular complexity index is 187. The molecule has 1 saturated carbocycles. The maximum Gasteiger partial charge on any atom is 0.00721 e. The van der Waals surface area contributed by atoms with Gasteiger partial charge in [-0.15, -0.1) is 0 Å². The highest BCUT2D eigenvalue weighted by Gasteiger charge is 2.27. The fourth-order valence-electron chi connectivity index (χ4n) is 2.73. The molecule has 0 aliphatic heterocycles. The summed E-state index contributed by atoms with van der Waals surface area (Å²) in [7, 11) is 4.30. The lowest BCUT2D eigenvalue weighted by atomic mass is 9.75. The first-order valence-corrected chi connectivity index (χ1v) is 6.88. The first-order valence-electron chi connectivity index (χ1n) is 6.88. The van der Waals surface area contributed by atoms with Crippen LogP contribution in [0.5, 0.6) is 0 Å². The van der Waals surface area contributed by atoms with E-state index >= 15 is 0 Å². The van der Waals surface area contributed by atoms with E-state index in [4.69, 9.17) is 0 Å². The highest BCUT2D eigenvalue weighted by Crippen LogP contribution is 2.34. The smallest absolute Gasteiger partial charge is 0.00721 e. The monoisotopic (exact) mass is 226 g/mol. The molecule has 0 heterocycles. The van der Waals surface area contributed by atoms with Gasteiger partial charge in [0.15, 0.2) is 0 Å². The van der Waals surface area contributed by atoms with E-state index in [9.17, 15) is 0 Å². The first-order chi connectivity index (χ1) is 7.49. The number of unbranched alkanes of at least 4 members (excludes halogenated alkanes) is 1. The van der Waals surface area contributed by atoms with Gasteiger partial charge < -0.3 is 10.2 Å². The lowest BCUT2D eigenvalue weighted by molar-refractivity contribution is 0.198. The summed E-state index contributed by atoms with van der Waals surface area (Å²) in [5.74, 6) is 0. The first kappa shape index (κ1) is 14.0. The normalized spacial score (nSPS) is 24.9. The molecule has 0 radical (unpaired) electrons. The van der Waals surface area contributed by atoms with Crippen LogP contribution < -0.4 is 5.32 Å². The zero-order valence-electron chi connectivity index (χ0n) is 11.7. The third-order valence-electron chi connectivity index (χ3n) is 3.67. The standard InChI is InChI=1S/C14H30N2/c1-14(2)9-7-8-13(12-14)15-10-5-6-11-16(3)4/h13,15H,5-12H2,1-4H3. The van der Waals surface area contributed by atoms with Gasteiger partial charge in [-0.25, -0.2) is 0 Å². The van der Waals surface area contributed by atoms with Crippen molar-refractivity contribution in [3.8, 4) is 0 Å². The molecule has 0 saturated heterocycles. The van der Waals surface area contributed by atoms with Gasteiger partial charge in [0.1, 0.15) is 0 Å². The van der Waals surface area contributed by atoms with E-state index in [1.807, 2.05) is 0 Å². The summed E-state index contributed by atoms with van der Waals surface area (Å²) in [6.07, 6.45) is 8.19. The van der Waals surface area contributed by atoms with Gasteiger partial charge in [-0.2, -0.15) is 0 Å². The second-order valence-corrected chi connectivity index (χ2v) is 6.42. The van der Waals surface area contributed by atoms with Gasteiger partial charge in [-0.05, 0) is 64.7 Å². The van der Waals surface area contributed by atoms with Crippen molar-refractivity contribution in [3.63, 3.8) is 0 Å². The lowest BCUT2D eigenvalue weighted by Gasteiger charge is -2.35. The largest absolute Gasteiger partial charge is 0.314 e. The maximum atomic E-state index is 3.73. The topological polar surface area (TPSA) is 15.3 Å². The van der Waals surface area contributed by atoms with Crippen LogP contribution in [0.2, 0.25) is 0 Å². The molecule has 1 unspecified atom stereocenters. The third-order valence-corrected chi connectivity index (χ3v) is 3.67. The predicted molar refractivity (Wildman–Crippen MR) is 71.8 cm³/mol. The maximum absolute atomic E-state index is 3.73. The summed E-state index contributed by atoms with van der Waals surface area (Å²) in [5.41, 5.74) is 0.569. The van der Waals surface area contributed by atoms with Crippen molar-refractivity contribution < 1.29 is 0 Å². The zero-order valence-corrected chi connectivity index (χ0v) is 11.7. The van der Waals surface area contributed by atoms with Gasteiger partial charge in [0.05, 0.1) is 0 Å². The highest BCUT2D eigenvalue weighted by molar-refractivity contribution is 4.83. The van der Waals surface area contributed by atoms with E-state index in [1.165, 1.54) is 51.6 Å². The molecule has 1 fully saturated rings. The quantitative estimate of drug-likeness (QED) is 0.701. The Morgan fingerprint density at radius 2 is 2.00 bits per heavy atom. The van der Waals surface area contributed by atoms with E-state index < -0.39 is 0 Å². The molecule has 0 aromatic carbocycles. The Morgan fingerprint density at radius 1 is 1.25 bits per heavy atom. The van der Waals surface area contributed by atoms with E-state index in [0.29, 0.717) is 5.41 Å². The van der Waals surface area contributed by atoms with Crippen LogP contribution in [-0.4, -0.2) is 38.1 Å². The SMILES string of the molecule is CN(C)CCCCNC1CCCC(C)(C)C1. The Kier molecular flexibility index (Phi) is 5.77. The Balaban J connectivity index is 2.04. The Hall–Kier alpha value is -0.0800. The molecule has 1 atom stereocenters. The molecule has 2 nitrogen and oxygen atoms in total. The van der Waals surface area contributed by atoms with Crippen LogP contribution in [0.4, 0.5) is 0 Å². The van der Waals surface area contributed by atoms with Gasteiger partial charge in [-0.3, -0.25) is 0 Å². The average Bonchev–Trinajstić information content (AvgIpc) is 2.15. The zero-order chi connectivity index (χ0) is 12.0. The molecular weight excluding hydrogens is 196 g/mol. The summed E-state index contributed by atoms with van der Waals surface area (Å²) < 4.78 is 0. The van der Waals surface area contributed by atoms with Gasteiger partial charge in [-0.1, -0.05) is 20.3 Å². The number of nitrogens with one attached hydrogen (secondary N) is 1. The molecule has 16 heavy (non-hydrogen) atoms. The molecule has 0 aromatic rings. The average molecular weight is 226 g/mol. The lowest BCUT2D eigenvalue weighted by Crippen LogP contribution is -2.37. The van der Waals surface area contributed by atoms with E-state index in [1.54, 1.807) is 0 Å². The molecule has 1 N–H and O–H groups in total. The van der Waals surface area contributed by atoms with Gasteiger partial charge in [0, 0.05) is 6.04 Å². The van der Waals surface area contributed by atoms with Crippen LogP contribution in [0, 0.1) is 5.41 Å². The predicted octanol–water partition coefficient (Wildman–Crippen LogP) is 2.89. The molecule has 0 bridgehead atoms. The molecule has 96 valence electrons. The Labute approximate surface area is 102 Å². The van der Waals surface area contributed by atoms with E-state index in [2.05, 4.69) is 38.2 Å². The van der Waals surface area contributed by atoms with Crippen molar-refractivity contribution >= 4 is 0 Å². The van der Waals surface area contributed by atoms with E-state index in [-0.39, 0.29) is 0 Å². The Morgan fingerprint density at radius 3 is 2.62 bits per heavy atom. The highest BCUT2D eigenvalue weighted by atomic mass is 15.0. The second-order valence-electron chi connectivity index (χ2n) is 6.42. The van der Waals surface area contributed by atoms with Gasteiger partial charge in [0.25, 0.3) is 0 Å². The van der Waals surface area contributed by atoms with Crippen LogP contribution in [0.25, 0.3) is 0 Å². The molecule has 0 aromatic heterocycles. The summed E-state index contributed by atoms with van der Waals surface area (Å²) in [6, 6.07) is 0.781. The molecule has 0 amide bonds. The number of hydrogen-bond acceptors (Lipinski definition) is 2. The van der Waals surface area contributed by atoms with Crippen molar-refractivity contribution in [3.05, 3.63) is 0 Å². The third kappa shape index (κ3) is 5.86. The molecule has 1 aliphatic carbocycles.